The molecular weight excluding hydrogens is 192 g/mol. The van der Waals surface area contributed by atoms with Gasteiger partial charge in [-0.3, -0.25) is 4.79 Å². The standard InChI is InChI=1S/C12H14O3/c1-11(14,9-5-3-2-4-6-9)12(15)8-7-10(12)13/h2-6,14-15H,7-8H2,1H3. The summed E-state index contributed by atoms with van der Waals surface area (Å²) < 4.78 is 0. The number of aliphatic hydroxyl groups is 2. The minimum absolute atomic E-state index is 0.281. The molecule has 1 aliphatic rings. The van der Waals surface area contributed by atoms with Crippen molar-refractivity contribution in [3.05, 3.63) is 35.9 Å². The monoisotopic (exact) mass is 206 g/mol. The maximum absolute atomic E-state index is 11.4. The molecule has 2 atom stereocenters. The fraction of sp³-hybridized carbons (Fsp3) is 0.417. The van der Waals surface area contributed by atoms with Gasteiger partial charge in [0.15, 0.2) is 11.4 Å². The second-order valence-corrected chi connectivity index (χ2v) is 4.22. The summed E-state index contributed by atoms with van der Waals surface area (Å²) in [4.78, 5) is 11.4. The van der Waals surface area contributed by atoms with Gasteiger partial charge in [-0.15, -0.1) is 0 Å². The van der Waals surface area contributed by atoms with Crippen molar-refractivity contribution >= 4 is 5.78 Å². The molecule has 1 saturated carbocycles. The van der Waals surface area contributed by atoms with Gasteiger partial charge in [0.2, 0.25) is 0 Å². The Morgan fingerprint density at radius 3 is 2.33 bits per heavy atom. The molecule has 15 heavy (non-hydrogen) atoms. The Morgan fingerprint density at radius 1 is 1.33 bits per heavy atom. The Balaban J connectivity index is 2.39. The zero-order valence-electron chi connectivity index (χ0n) is 8.60. The smallest absolute Gasteiger partial charge is 0.167 e. The summed E-state index contributed by atoms with van der Waals surface area (Å²) in [5, 5.41) is 20.3. The summed E-state index contributed by atoms with van der Waals surface area (Å²) in [7, 11) is 0. The average molecular weight is 206 g/mol. The lowest BCUT2D eigenvalue weighted by Crippen LogP contribution is -2.61. The van der Waals surface area contributed by atoms with Crippen LogP contribution in [0, 0.1) is 0 Å². The zero-order valence-corrected chi connectivity index (χ0v) is 8.60. The van der Waals surface area contributed by atoms with E-state index >= 15 is 0 Å². The van der Waals surface area contributed by atoms with Crippen molar-refractivity contribution in [1.29, 1.82) is 0 Å². The minimum atomic E-state index is -1.60. The molecule has 80 valence electrons. The highest BCUT2D eigenvalue weighted by Gasteiger charge is 2.57. The number of benzene rings is 1. The lowest BCUT2D eigenvalue weighted by Gasteiger charge is -2.45. The van der Waals surface area contributed by atoms with E-state index in [2.05, 4.69) is 0 Å². The van der Waals surface area contributed by atoms with Crippen LogP contribution < -0.4 is 0 Å². The number of ketones is 1. The lowest BCUT2D eigenvalue weighted by atomic mass is 9.65. The van der Waals surface area contributed by atoms with Crippen LogP contribution in [-0.2, 0) is 10.4 Å². The molecule has 0 amide bonds. The highest BCUT2D eigenvalue weighted by molar-refractivity contribution is 5.94. The van der Waals surface area contributed by atoms with Crippen molar-refractivity contribution in [3.63, 3.8) is 0 Å². The van der Waals surface area contributed by atoms with E-state index in [4.69, 9.17) is 0 Å². The van der Waals surface area contributed by atoms with E-state index in [-0.39, 0.29) is 5.78 Å². The predicted molar refractivity (Wildman–Crippen MR) is 55.2 cm³/mol. The Bertz CT molecular complexity index is 383. The number of hydrogen-bond acceptors (Lipinski definition) is 3. The van der Waals surface area contributed by atoms with Crippen LogP contribution in [0.4, 0.5) is 0 Å². The molecular formula is C12H14O3. The van der Waals surface area contributed by atoms with E-state index in [9.17, 15) is 15.0 Å². The third-order valence-corrected chi connectivity index (χ3v) is 3.32. The summed E-state index contributed by atoms with van der Waals surface area (Å²) in [5.41, 5.74) is -2.53. The van der Waals surface area contributed by atoms with Crippen molar-refractivity contribution < 1.29 is 15.0 Å². The molecule has 0 bridgehead atoms. The largest absolute Gasteiger partial charge is 0.382 e. The van der Waals surface area contributed by atoms with Crippen LogP contribution in [0.25, 0.3) is 0 Å². The van der Waals surface area contributed by atoms with Crippen LogP contribution in [0.15, 0.2) is 30.3 Å². The first kappa shape index (κ1) is 10.3. The molecule has 3 nitrogen and oxygen atoms in total. The fourth-order valence-electron chi connectivity index (χ4n) is 1.98. The number of hydrogen-bond donors (Lipinski definition) is 2. The van der Waals surface area contributed by atoms with E-state index in [0.717, 1.165) is 0 Å². The van der Waals surface area contributed by atoms with E-state index < -0.39 is 11.2 Å². The third kappa shape index (κ3) is 1.31. The first-order valence-electron chi connectivity index (χ1n) is 5.02. The van der Waals surface area contributed by atoms with E-state index in [0.29, 0.717) is 18.4 Å². The Morgan fingerprint density at radius 2 is 1.93 bits per heavy atom. The average Bonchev–Trinajstić information content (AvgIpc) is 2.27. The molecule has 1 aliphatic carbocycles. The molecule has 3 heteroatoms. The molecule has 1 aromatic carbocycles. The highest BCUT2D eigenvalue weighted by atomic mass is 16.4. The number of carbonyl (C=O) groups excluding carboxylic acids is 1. The van der Waals surface area contributed by atoms with Crippen molar-refractivity contribution in [2.45, 2.75) is 31.0 Å². The van der Waals surface area contributed by atoms with Gasteiger partial charge < -0.3 is 10.2 Å². The molecule has 0 aromatic heterocycles. The lowest BCUT2D eigenvalue weighted by molar-refractivity contribution is -0.193. The van der Waals surface area contributed by atoms with Crippen LogP contribution >= 0.6 is 0 Å². The second-order valence-electron chi connectivity index (χ2n) is 4.22. The third-order valence-electron chi connectivity index (χ3n) is 3.32. The summed E-state index contributed by atoms with van der Waals surface area (Å²) >= 11 is 0. The molecule has 0 heterocycles. The molecule has 1 aromatic rings. The van der Waals surface area contributed by atoms with Crippen molar-refractivity contribution in [1.82, 2.24) is 0 Å². The number of Topliss-reactive ketones (excluding diaryl/α,β-unsaturated/α-hetero) is 1. The van der Waals surface area contributed by atoms with Crippen molar-refractivity contribution in [3.8, 4) is 0 Å². The minimum Gasteiger partial charge on any atom is -0.382 e. The predicted octanol–water partition coefficient (Wildman–Crippen LogP) is 0.988. The maximum Gasteiger partial charge on any atom is 0.167 e. The molecule has 2 rings (SSSR count). The van der Waals surface area contributed by atoms with Gasteiger partial charge in [-0.2, -0.15) is 0 Å². The molecule has 0 spiro atoms. The van der Waals surface area contributed by atoms with Gasteiger partial charge in [-0.25, -0.2) is 0 Å². The van der Waals surface area contributed by atoms with E-state index in [1.165, 1.54) is 6.92 Å². The van der Waals surface area contributed by atoms with Gasteiger partial charge in [0.25, 0.3) is 0 Å². The van der Waals surface area contributed by atoms with Crippen LogP contribution in [0.3, 0.4) is 0 Å². The summed E-state index contributed by atoms with van der Waals surface area (Å²) in [6, 6.07) is 8.80. The molecule has 0 radical (unpaired) electrons. The zero-order chi connectivity index (χ0) is 11.1. The maximum atomic E-state index is 11.4. The Labute approximate surface area is 88.4 Å². The van der Waals surface area contributed by atoms with Gasteiger partial charge in [-0.05, 0) is 18.9 Å². The van der Waals surface area contributed by atoms with Gasteiger partial charge in [0, 0.05) is 6.42 Å². The quantitative estimate of drug-likeness (QED) is 0.758. The first-order valence-corrected chi connectivity index (χ1v) is 5.02. The van der Waals surface area contributed by atoms with Crippen LogP contribution in [0.5, 0.6) is 0 Å². The van der Waals surface area contributed by atoms with Gasteiger partial charge in [0.1, 0.15) is 5.60 Å². The molecule has 0 aliphatic heterocycles. The normalized spacial score (nSPS) is 29.4. The summed E-state index contributed by atoms with van der Waals surface area (Å²) in [6.07, 6.45) is 0.674. The second kappa shape index (κ2) is 3.15. The Kier molecular flexibility index (Phi) is 2.17. The summed E-state index contributed by atoms with van der Waals surface area (Å²) in [6.45, 7) is 1.49. The molecule has 2 unspecified atom stereocenters. The number of rotatable bonds is 2. The summed E-state index contributed by atoms with van der Waals surface area (Å²) in [5.74, 6) is -0.281. The Hall–Kier alpha value is -1.19. The SMILES string of the molecule is CC(O)(c1ccccc1)C1(O)CCC1=O. The van der Waals surface area contributed by atoms with Crippen molar-refractivity contribution in [2.24, 2.45) is 0 Å². The molecule has 0 saturated heterocycles. The van der Waals surface area contributed by atoms with Gasteiger partial charge in [0.05, 0.1) is 0 Å². The van der Waals surface area contributed by atoms with Crippen molar-refractivity contribution in [2.75, 3.05) is 0 Å². The topological polar surface area (TPSA) is 57.5 Å². The van der Waals surface area contributed by atoms with Gasteiger partial charge >= 0.3 is 0 Å². The van der Waals surface area contributed by atoms with E-state index in [1.54, 1.807) is 24.3 Å². The van der Waals surface area contributed by atoms with E-state index in [1.807, 2.05) is 6.07 Å². The first-order chi connectivity index (χ1) is 6.98. The van der Waals surface area contributed by atoms with Gasteiger partial charge in [-0.1, -0.05) is 30.3 Å². The highest BCUT2D eigenvalue weighted by Crippen LogP contribution is 2.43. The molecule has 1 fully saturated rings. The van der Waals surface area contributed by atoms with Crippen LogP contribution in [-0.4, -0.2) is 21.6 Å². The molecule has 2 N–H and O–H groups in total. The van der Waals surface area contributed by atoms with Crippen LogP contribution in [0.1, 0.15) is 25.3 Å². The number of carbonyl (C=O) groups is 1. The van der Waals surface area contributed by atoms with Crippen LogP contribution in [0.2, 0.25) is 0 Å². The fourth-order valence-corrected chi connectivity index (χ4v) is 1.98.